The van der Waals surface area contributed by atoms with E-state index in [1.54, 1.807) is 58.4 Å². The molecule has 0 spiro atoms. The van der Waals surface area contributed by atoms with Gasteiger partial charge in [0.15, 0.2) is 17.8 Å². The molecule has 3 saturated heterocycles. The quantitative estimate of drug-likeness (QED) is 0.0231. The molecule has 3 heterocycles. The highest BCUT2D eigenvalue weighted by molar-refractivity contribution is 7.89. The minimum absolute atomic E-state index is 0.0517. The van der Waals surface area contributed by atoms with E-state index < -0.39 is 75.9 Å². The number of aryl methyl sites for hydroxylation is 1. The zero-order valence-electron chi connectivity index (χ0n) is 50.9. The minimum atomic E-state index is -4.09. The first kappa shape index (κ1) is 66.9. The Balaban J connectivity index is 0.857. The highest BCUT2D eigenvalue weighted by atomic mass is 32.2. The fourth-order valence-electron chi connectivity index (χ4n) is 10.7. The molecule has 20 nitrogen and oxygen atoms in total. The Labute approximate surface area is 506 Å². The van der Waals surface area contributed by atoms with Crippen LogP contribution in [0, 0.1) is 17.3 Å². The third-order valence-corrected chi connectivity index (χ3v) is 17.9. The second kappa shape index (κ2) is 32.4. The van der Waals surface area contributed by atoms with Crippen LogP contribution in [-0.4, -0.2) is 150 Å². The summed E-state index contributed by atoms with van der Waals surface area (Å²) in [5, 5.41) is 17.4. The maximum Gasteiger partial charge on any atom is 0.407 e. The molecule has 7 atom stereocenters. The number of likely N-dealkylation sites (tertiary alicyclic amines) is 1. The van der Waals surface area contributed by atoms with E-state index in [4.69, 9.17) is 37.9 Å². The molecule has 3 amide bonds. The molecular weight excluding hydrogens is 1120 g/mol. The van der Waals surface area contributed by atoms with Crippen LogP contribution in [-0.2, 0) is 72.3 Å². The van der Waals surface area contributed by atoms with Crippen LogP contribution >= 0.6 is 0 Å². The molecule has 86 heavy (non-hydrogen) atoms. The van der Waals surface area contributed by atoms with Crippen molar-refractivity contribution in [1.82, 2.24) is 19.8 Å². The summed E-state index contributed by atoms with van der Waals surface area (Å²) in [4.78, 5) is 68.5. The molecule has 3 N–H and O–H groups in total. The number of hydrogen-bond donors (Lipinski definition) is 3. The van der Waals surface area contributed by atoms with Gasteiger partial charge in [-0.1, -0.05) is 95.3 Å². The number of ether oxygens (including phenoxy) is 8. The normalized spacial score (nSPS) is 18.8. The summed E-state index contributed by atoms with van der Waals surface area (Å²) in [6, 6.07) is 26.8. The molecule has 0 aliphatic carbocycles. The zero-order valence-corrected chi connectivity index (χ0v) is 51.7. The summed E-state index contributed by atoms with van der Waals surface area (Å²) < 4.78 is 75.9. The lowest BCUT2D eigenvalue weighted by atomic mass is 9.84. The first-order valence-electron chi connectivity index (χ1n) is 30.2. The maximum atomic E-state index is 14.2. The molecule has 21 heteroatoms. The van der Waals surface area contributed by atoms with Gasteiger partial charge in [0.05, 0.1) is 63.5 Å². The van der Waals surface area contributed by atoms with E-state index in [-0.39, 0.29) is 81.5 Å². The number of Topliss-reactive ketones (excluding diaryl/α,β-unsaturated/α-hetero) is 1. The predicted molar refractivity (Wildman–Crippen MR) is 321 cm³/mol. The molecule has 0 aromatic heterocycles. The van der Waals surface area contributed by atoms with E-state index >= 15 is 0 Å². The highest BCUT2D eigenvalue weighted by Crippen LogP contribution is 2.35. The molecule has 0 saturated carbocycles. The van der Waals surface area contributed by atoms with Crippen molar-refractivity contribution < 1.29 is 75.4 Å². The number of nitrogens with one attached hydrogen (secondary N) is 2. The maximum absolute atomic E-state index is 14.2. The topological polar surface area (TPSA) is 244 Å². The fourth-order valence-corrected chi connectivity index (χ4v) is 12.3. The average Bonchev–Trinajstić information content (AvgIpc) is 2.58. The van der Waals surface area contributed by atoms with Crippen molar-refractivity contribution in [1.29, 1.82) is 0 Å². The van der Waals surface area contributed by atoms with E-state index in [0.29, 0.717) is 93.8 Å². The first-order valence-corrected chi connectivity index (χ1v) is 31.6. The van der Waals surface area contributed by atoms with Gasteiger partial charge in [-0.15, -0.1) is 0 Å². The average molecular weight is 1210 g/mol. The number of piperidine rings is 1. The van der Waals surface area contributed by atoms with Crippen molar-refractivity contribution in [2.45, 2.75) is 153 Å². The molecule has 470 valence electrons. The van der Waals surface area contributed by atoms with E-state index in [0.717, 1.165) is 16.7 Å². The van der Waals surface area contributed by atoms with Gasteiger partial charge in [-0.05, 0) is 129 Å². The number of nitrogens with zero attached hydrogens (tertiary/aromatic N) is 2. The van der Waals surface area contributed by atoms with E-state index in [1.165, 1.54) is 21.3 Å². The Hall–Kier alpha value is -6.62. The first-order chi connectivity index (χ1) is 41.3. The molecule has 4 aromatic carbocycles. The number of amides is 3. The number of ketones is 1. The summed E-state index contributed by atoms with van der Waals surface area (Å²) in [6.07, 6.45) is 1.86. The van der Waals surface area contributed by atoms with Gasteiger partial charge < -0.3 is 58.5 Å². The van der Waals surface area contributed by atoms with Crippen molar-refractivity contribution in [3.8, 4) is 17.2 Å². The molecule has 4 aromatic rings. The van der Waals surface area contributed by atoms with Crippen molar-refractivity contribution in [3.63, 3.8) is 0 Å². The van der Waals surface area contributed by atoms with Gasteiger partial charge in [0.1, 0.15) is 30.6 Å². The van der Waals surface area contributed by atoms with Crippen LogP contribution in [0.1, 0.15) is 121 Å². The van der Waals surface area contributed by atoms with Crippen LogP contribution in [0.15, 0.2) is 102 Å². The summed E-state index contributed by atoms with van der Waals surface area (Å²) in [7, 11) is -0.964. The number of benzene rings is 4. The lowest BCUT2D eigenvalue weighted by Gasteiger charge is -2.36. The van der Waals surface area contributed by atoms with Crippen LogP contribution in [0.25, 0.3) is 0 Å². The lowest BCUT2D eigenvalue weighted by Crippen LogP contribution is -2.53. The molecule has 3 aliphatic rings. The zero-order chi connectivity index (χ0) is 61.8. The Bertz CT molecular complexity index is 2960. The molecule has 3 fully saturated rings. The van der Waals surface area contributed by atoms with Crippen molar-refractivity contribution in [2.24, 2.45) is 17.3 Å². The third-order valence-electron chi connectivity index (χ3n) is 16.1. The summed E-state index contributed by atoms with van der Waals surface area (Å²) >= 11 is 0. The van der Waals surface area contributed by atoms with Gasteiger partial charge in [-0.3, -0.25) is 14.4 Å². The number of rotatable bonds is 33. The number of hydrogen-bond acceptors (Lipinski definition) is 16. The van der Waals surface area contributed by atoms with E-state index in [1.807, 2.05) is 75.4 Å². The van der Waals surface area contributed by atoms with Crippen LogP contribution in [0.2, 0.25) is 0 Å². The minimum Gasteiger partial charge on any atom is -0.493 e. The van der Waals surface area contributed by atoms with Gasteiger partial charge in [0.25, 0.3) is 5.91 Å². The standard InChI is InChI=1S/C65H88N4O16S/c1-8-65(4,5)60(72)61(73)69-33-14-12-21-53(69)62(74)84-55(29-25-46-26-30-56(78-6)57(38-46)79-7)48-19-16-20-49(39-48)81-36-32-66-59(71)22-13-15-34-80-42-47-23-27-50(28-24-47)86(76,77)68(40-44(2)3)41-54(70)52(37-45-17-10-9-11-18-45)67-64(75)85-58-43-83-63-51(58)31-35-82-63/h9-11,16-20,23-24,26-28,30,38-39,44,51-55,58,63,70H,8,12-15,21-22,25,29,31-37,40-43H2,1-7H3,(H,66,71)(H,67,75)/t51-,52-,53-,54+,55+,58-,63+/m0/s1. The van der Waals surface area contributed by atoms with E-state index in [9.17, 15) is 37.5 Å². The molecule has 3 aliphatic heterocycles. The van der Waals surface area contributed by atoms with Gasteiger partial charge in [-0.25, -0.2) is 18.0 Å². The van der Waals surface area contributed by atoms with Crippen LogP contribution < -0.4 is 24.8 Å². The number of carbonyl (C=O) groups is 5. The smallest absolute Gasteiger partial charge is 0.407 e. The molecule has 0 radical (unpaired) electrons. The Morgan fingerprint density at radius 3 is 2.33 bits per heavy atom. The van der Waals surface area contributed by atoms with Gasteiger partial charge in [0.2, 0.25) is 21.7 Å². The van der Waals surface area contributed by atoms with E-state index in [2.05, 4.69) is 10.6 Å². The van der Waals surface area contributed by atoms with Crippen LogP contribution in [0.3, 0.4) is 0 Å². The third kappa shape index (κ3) is 18.9. The number of sulfonamides is 1. The summed E-state index contributed by atoms with van der Waals surface area (Å²) in [6.45, 7) is 11.0. The lowest BCUT2D eigenvalue weighted by molar-refractivity contribution is -0.164. The largest absolute Gasteiger partial charge is 0.493 e. The number of aliphatic hydroxyl groups is 1. The van der Waals surface area contributed by atoms with Gasteiger partial charge in [-0.2, -0.15) is 4.31 Å². The monoisotopic (exact) mass is 1210 g/mol. The number of alkyl carbamates (subject to hydrolysis) is 1. The van der Waals surface area contributed by atoms with Crippen molar-refractivity contribution >= 4 is 39.7 Å². The molecule has 7 rings (SSSR count). The van der Waals surface area contributed by atoms with Crippen LogP contribution in [0.4, 0.5) is 4.79 Å². The number of aliphatic hydroxyl groups excluding tert-OH is 1. The van der Waals surface area contributed by atoms with Crippen molar-refractivity contribution in [2.75, 3.05) is 66.8 Å². The molecule has 0 bridgehead atoms. The highest BCUT2D eigenvalue weighted by Gasteiger charge is 2.45. The summed E-state index contributed by atoms with van der Waals surface area (Å²) in [5.74, 6) is -0.397. The van der Waals surface area contributed by atoms with Crippen LogP contribution in [0.5, 0.6) is 17.2 Å². The fraction of sp³-hybridized carbons (Fsp3) is 0.554. The molecule has 0 unspecified atom stereocenters. The number of carbonyl (C=O) groups excluding carboxylic acids is 5. The molecular formula is C65H88N4O16S. The summed E-state index contributed by atoms with van der Waals surface area (Å²) in [5.41, 5.74) is 2.34. The second-order valence-electron chi connectivity index (χ2n) is 23.3. The number of unbranched alkanes of at least 4 members (excludes halogenated alkanes) is 1. The predicted octanol–water partition coefficient (Wildman–Crippen LogP) is 8.30. The second-order valence-corrected chi connectivity index (χ2v) is 25.3. The Morgan fingerprint density at radius 1 is 0.837 bits per heavy atom. The van der Waals surface area contributed by atoms with Crippen molar-refractivity contribution in [3.05, 3.63) is 119 Å². The Kier molecular flexibility index (Phi) is 25.2. The van der Waals surface area contributed by atoms with Gasteiger partial charge in [0, 0.05) is 38.1 Å². The van der Waals surface area contributed by atoms with Gasteiger partial charge >= 0.3 is 12.1 Å². The Morgan fingerprint density at radius 2 is 1.59 bits per heavy atom. The number of methoxy groups -OCH3 is 2. The number of fused-ring (bicyclic) bond motifs is 1. The SMILES string of the molecule is CCC(C)(C)C(=O)C(=O)N1CCCC[C@H]1C(=O)O[C@H](CCc1ccc(OC)c(OC)c1)c1cccc(OCCNC(=O)CCCCOCc2ccc(S(=O)(=O)N(CC(C)C)C[C@@H](O)[C@H](Cc3ccccc3)NC(=O)O[C@H]3CO[C@H]4OCC[C@H]43)cc2)c1. The number of esters is 1.